The number of benzene rings is 3. The van der Waals surface area contributed by atoms with Gasteiger partial charge in [-0.2, -0.15) is 0 Å². The van der Waals surface area contributed by atoms with Crippen LogP contribution in [-0.2, 0) is 27.4 Å². The molecule has 1 N–H and O–H groups in total. The van der Waals surface area contributed by atoms with Crippen LogP contribution in [0.5, 0.6) is 11.5 Å². The Morgan fingerprint density at radius 2 is 1.89 bits per heavy atom. The number of esters is 1. The van der Waals surface area contributed by atoms with Crippen molar-refractivity contribution in [1.82, 2.24) is 10.4 Å². The van der Waals surface area contributed by atoms with Gasteiger partial charge in [-0.3, -0.25) is 15.2 Å². The van der Waals surface area contributed by atoms with Crippen LogP contribution in [0.25, 0.3) is 0 Å². The fourth-order valence-electron chi connectivity index (χ4n) is 5.33. The van der Waals surface area contributed by atoms with Crippen LogP contribution in [0.4, 0.5) is 0 Å². The fraction of sp³-hybridized carbons (Fsp3) is 0.323. The van der Waals surface area contributed by atoms with E-state index in [2.05, 4.69) is 65.8 Å². The first-order chi connectivity index (χ1) is 18.6. The topological polar surface area (TPSA) is 69.3 Å². The van der Waals surface area contributed by atoms with Gasteiger partial charge in [0, 0.05) is 30.3 Å². The molecule has 5 rings (SSSR count). The lowest BCUT2D eigenvalue weighted by molar-refractivity contribution is -0.142. The van der Waals surface area contributed by atoms with Crippen LogP contribution >= 0.6 is 0 Å². The summed E-state index contributed by atoms with van der Waals surface area (Å²) in [5, 5.41) is 0. The van der Waals surface area contributed by atoms with Gasteiger partial charge in [0.25, 0.3) is 0 Å². The molecule has 3 aromatic rings. The van der Waals surface area contributed by atoms with E-state index in [-0.39, 0.29) is 18.6 Å². The molecule has 2 heterocycles. The monoisotopic (exact) mass is 514 g/mol. The molecule has 7 nitrogen and oxygen atoms in total. The molecule has 0 bridgehead atoms. The van der Waals surface area contributed by atoms with E-state index >= 15 is 0 Å². The third-order valence-electron chi connectivity index (χ3n) is 7.25. The number of carbonyl (C=O) groups is 1. The number of rotatable bonds is 9. The number of hydrogen-bond donors (Lipinski definition) is 1. The van der Waals surface area contributed by atoms with Gasteiger partial charge < -0.3 is 14.2 Å². The predicted octanol–water partition coefficient (Wildman–Crippen LogP) is 4.86. The van der Waals surface area contributed by atoms with E-state index in [1.54, 1.807) is 7.11 Å². The van der Waals surface area contributed by atoms with E-state index in [1.807, 2.05) is 24.3 Å². The second-order valence-electron chi connectivity index (χ2n) is 9.68. The smallest absolute Gasteiger partial charge is 0.343 e. The molecule has 2 aliphatic heterocycles. The molecule has 0 fully saturated rings. The zero-order valence-corrected chi connectivity index (χ0v) is 22.1. The van der Waals surface area contributed by atoms with E-state index in [0.29, 0.717) is 18.1 Å². The Hall–Kier alpha value is -3.81. The van der Waals surface area contributed by atoms with Gasteiger partial charge in [-0.25, -0.2) is 4.79 Å². The number of fused-ring (bicyclic) bond motifs is 3. The highest BCUT2D eigenvalue weighted by Gasteiger charge is 2.36. The van der Waals surface area contributed by atoms with Crippen LogP contribution in [0.3, 0.4) is 0 Å². The molecule has 0 radical (unpaired) electrons. The van der Waals surface area contributed by atoms with Crippen LogP contribution in [-0.4, -0.2) is 44.8 Å². The molecule has 0 aromatic heterocycles. The summed E-state index contributed by atoms with van der Waals surface area (Å²) >= 11 is 0. The van der Waals surface area contributed by atoms with Crippen molar-refractivity contribution in [3.8, 4) is 11.5 Å². The molecule has 38 heavy (non-hydrogen) atoms. The molecule has 1 unspecified atom stereocenters. The van der Waals surface area contributed by atoms with Crippen LogP contribution in [0.15, 0.2) is 78.5 Å². The van der Waals surface area contributed by atoms with Gasteiger partial charge in [-0.1, -0.05) is 66.2 Å². The zero-order valence-electron chi connectivity index (χ0n) is 22.1. The van der Waals surface area contributed by atoms with Crippen molar-refractivity contribution in [1.29, 1.82) is 0 Å². The van der Waals surface area contributed by atoms with Gasteiger partial charge in [0.1, 0.15) is 0 Å². The molecule has 0 spiro atoms. The Morgan fingerprint density at radius 1 is 1.05 bits per heavy atom. The number of nitrogens with one attached hydrogen (secondary N) is 1. The molecule has 198 valence electrons. The summed E-state index contributed by atoms with van der Waals surface area (Å²) in [5.41, 5.74) is 10.1. The Bertz CT molecular complexity index is 1310. The lowest BCUT2D eigenvalue weighted by atomic mass is 9.83. The Kier molecular flexibility index (Phi) is 7.96. The van der Waals surface area contributed by atoms with Gasteiger partial charge in [0.05, 0.1) is 26.9 Å². The molecule has 7 heteroatoms. The summed E-state index contributed by atoms with van der Waals surface area (Å²) in [5.74, 6) is 0.946. The molecule has 2 aliphatic rings. The van der Waals surface area contributed by atoms with Gasteiger partial charge in [-0.15, -0.1) is 0 Å². The van der Waals surface area contributed by atoms with E-state index in [4.69, 9.17) is 19.0 Å². The van der Waals surface area contributed by atoms with Crippen molar-refractivity contribution in [3.63, 3.8) is 0 Å². The predicted molar refractivity (Wildman–Crippen MR) is 145 cm³/mol. The lowest BCUT2D eigenvalue weighted by Gasteiger charge is -2.43. The van der Waals surface area contributed by atoms with Crippen LogP contribution in [0.2, 0.25) is 0 Å². The highest BCUT2D eigenvalue weighted by atomic mass is 16.6. The molecule has 3 aromatic carbocycles. The first-order valence-corrected chi connectivity index (χ1v) is 12.9. The average Bonchev–Trinajstić information content (AvgIpc) is 2.95. The summed E-state index contributed by atoms with van der Waals surface area (Å²) in [6.07, 6.45) is 3.05. The van der Waals surface area contributed by atoms with Crippen LogP contribution in [0.1, 0.15) is 39.8 Å². The second-order valence-corrected chi connectivity index (χ2v) is 9.68. The number of aryl methyl sites for hydroxylation is 1. The van der Waals surface area contributed by atoms with Crippen LogP contribution < -0.4 is 15.0 Å². The van der Waals surface area contributed by atoms with Gasteiger partial charge in [0.2, 0.25) is 0 Å². The maximum absolute atomic E-state index is 11.8. The lowest BCUT2D eigenvalue weighted by Crippen LogP contribution is -2.43. The molecule has 0 aliphatic carbocycles. The number of hydroxylamine groups is 1. The largest absolute Gasteiger partial charge is 0.493 e. The third-order valence-corrected chi connectivity index (χ3v) is 7.25. The number of hydrogen-bond acceptors (Lipinski definition) is 7. The Morgan fingerprint density at radius 3 is 2.66 bits per heavy atom. The van der Waals surface area contributed by atoms with Gasteiger partial charge in [0.15, 0.2) is 18.1 Å². The van der Waals surface area contributed by atoms with Crippen LogP contribution in [0, 0.1) is 6.92 Å². The van der Waals surface area contributed by atoms with Crippen molar-refractivity contribution in [2.75, 3.05) is 33.9 Å². The summed E-state index contributed by atoms with van der Waals surface area (Å²) in [6, 6.07) is 22.9. The highest BCUT2D eigenvalue weighted by molar-refractivity contribution is 5.71. The van der Waals surface area contributed by atoms with Gasteiger partial charge in [-0.05, 0) is 42.2 Å². The second kappa shape index (κ2) is 11.7. The summed E-state index contributed by atoms with van der Waals surface area (Å²) in [6.45, 7) is 4.13. The van der Waals surface area contributed by atoms with Crippen molar-refractivity contribution in [3.05, 3.63) is 106 Å². The minimum Gasteiger partial charge on any atom is -0.493 e. The van der Waals surface area contributed by atoms with E-state index in [1.165, 1.54) is 18.2 Å². The Balaban J connectivity index is 1.47. The van der Waals surface area contributed by atoms with Crippen molar-refractivity contribution in [2.45, 2.75) is 31.9 Å². The third kappa shape index (κ3) is 5.54. The highest BCUT2D eigenvalue weighted by Crippen LogP contribution is 2.45. The first kappa shape index (κ1) is 25.8. The van der Waals surface area contributed by atoms with E-state index < -0.39 is 5.97 Å². The fourth-order valence-corrected chi connectivity index (χ4v) is 5.33. The summed E-state index contributed by atoms with van der Waals surface area (Å²) in [7, 11) is 2.97. The SMILES string of the molecule is COC(=O)COc1c(OC)ccc2c1CCN1CC(c3cccc(C)c3)C(NOCc3ccccc3)=C[C@@H]21. The normalized spacial score (nSPS) is 18.6. The number of ether oxygens (including phenoxy) is 3. The summed E-state index contributed by atoms with van der Waals surface area (Å²) in [4.78, 5) is 20.3. The van der Waals surface area contributed by atoms with E-state index in [0.717, 1.165) is 41.9 Å². The quantitative estimate of drug-likeness (QED) is 0.323. The maximum atomic E-state index is 11.8. The molecule has 2 atom stereocenters. The number of nitrogens with zero attached hydrogens (tertiary/aromatic N) is 1. The molecule has 0 amide bonds. The van der Waals surface area contributed by atoms with Crippen molar-refractivity contribution >= 4 is 5.97 Å². The minimum absolute atomic E-state index is 0.0361. The zero-order chi connectivity index (χ0) is 26.5. The number of methoxy groups -OCH3 is 2. The number of carbonyl (C=O) groups excluding carboxylic acids is 1. The molecule has 0 saturated heterocycles. The average molecular weight is 515 g/mol. The van der Waals surface area contributed by atoms with E-state index in [9.17, 15) is 4.79 Å². The minimum atomic E-state index is -0.428. The van der Waals surface area contributed by atoms with Gasteiger partial charge >= 0.3 is 5.97 Å². The molecule has 0 saturated carbocycles. The van der Waals surface area contributed by atoms with Crippen molar-refractivity contribution in [2.24, 2.45) is 0 Å². The first-order valence-electron chi connectivity index (χ1n) is 12.9. The summed E-state index contributed by atoms with van der Waals surface area (Å²) < 4.78 is 16.3. The standard InChI is InChI=1S/C31H34N2O5/c1-21-8-7-11-23(16-21)26-18-33-15-14-25-24(12-13-29(35-2)31(25)37-20-30(34)36-3)28(33)17-27(26)32-38-19-22-9-5-4-6-10-22/h4-13,16-17,26,28,32H,14-15,18-20H2,1-3H3/t26?,28-/m0/s1. The maximum Gasteiger partial charge on any atom is 0.343 e. The molecular weight excluding hydrogens is 480 g/mol. The molecular formula is C31H34N2O5. The Labute approximate surface area is 223 Å². The van der Waals surface area contributed by atoms with Crippen molar-refractivity contribution < 1.29 is 23.8 Å².